The number of sulfonamides is 1. The summed E-state index contributed by atoms with van der Waals surface area (Å²) in [5, 5.41) is 16.1. The minimum atomic E-state index is -3.95. The lowest BCUT2D eigenvalue weighted by Crippen LogP contribution is -2.29. The highest BCUT2D eigenvalue weighted by atomic mass is 32.2. The normalized spacial score (nSPS) is 11.5. The van der Waals surface area contributed by atoms with E-state index >= 15 is 0 Å². The molecule has 0 aliphatic rings. The molecule has 0 saturated heterocycles. The zero-order chi connectivity index (χ0) is 23.3. The van der Waals surface area contributed by atoms with Crippen molar-refractivity contribution in [3.8, 4) is 6.07 Å². The number of aromatic nitrogens is 1. The summed E-state index contributed by atoms with van der Waals surface area (Å²) < 4.78 is 28.6. The average molecular weight is 454 g/mol. The molecule has 2 aromatic carbocycles. The smallest absolute Gasteiger partial charge is 0.261 e. The second-order valence-corrected chi connectivity index (χ2v) is 9.53. The molecular weight excluding hydrogens is 426 g/mol. The van der Waals surface area contributed by atoms with Crippen LogP contribution in [-0.2, 0) is 10.0 Å². The Labute approximate surface area is 188 Å². The van der Waals surface area contributed by atoms with E-state index in [0.717, 1.165) is 18.5 Å². The third-order valence-electron chi connectivity index (χ3n) is 5.01. The molecular formula is C23H27N5O3S. The average Bonchev–Trinajstić information content (AvgIpc) is 3.20. The molecule has 0 fully saturated rings. The van der Waals surface area contributed by atoms with Crippen LogP contribution in [0.1, 0.15) is 41.8 Å². The summed E-state index contributed by atoms with van der Waals surface area (Å²) in [5.41, 5.74) is 2.45. The first-order valence-corrected chi connectivity index (χ1v) is 11.9. The van der Waals surface area contributed by atoms with E-state index < -0.39 is 10.0 Å². The van der Waals surface area contributed by atoms with Gasteiger partial charge in [0.25, 0.3) is 15.9 Å². The predicted octanol–water partition coefficient (Wildman–Crippen LogP) is 3.27. The van der Waals surface area contributed by atoms with E-state index in [9.17, 15) is 18.5 Å². The molecule has 1 heterocycles. The maximum Gasteiger partial charge on any atom is 0.261 e. The van der Waals surface area contributed by atoms with Crippen molar-refractivity contribution in [1.82, 2.24) is 15.6 Å². The van der Waals surface area contributed by atoms with Crippen LogP contribution in [0.25, 0.3) is 10.9 Å². The Morgan fingerprint density at radius 3 is 2.69 bits per heavy atom. The lowest BCUT2D eigenvalue weighted by atomic mass is 10.1. The van der Waals surface area contributed by atoms with Crippen LogP contribution in [0.2, 0.25) is 0 Å². The van der Waals surface area contributed by atoms with Crippen molar-refractivity contribution in [3.05, 3.63) is 59.3 Å². The molecule has 0 spiro atoms. The third kappa shape index (κ3) is 5.28. The number of fused-ring (bicyclic) bond motifs is 1. The first-order valence-electron chi connectivity index (χ1n) is 10.4. The fourth-order valence-electron chi connectivity index (χ4n) is 3.38. The van der Waals surface area contributed by atoms with Crippen LogP contribution in [-0.4, -0.2) is 38.4 Å². The van der Waals surface area contributed by atoms with E-state index in [4.69, 9.17) is 0 Å². The molecule has 3 aromatic rings. The minimum Gasteiger partial charge on any atom is -0.358 e. The number of aromatic amines is 1. The van der Waals surface area contributed by atoms with Gasteiger partial charge in [0.2, 0.25) is 0 Å². The van der Waals surface area contributed by atoms with Crippen molar-refractivity contribution >= 4 is 32.5 Å². The Hall–Kier alpha value is -3.35. The van der Waals surface area contributed by atoms with Crippen molar-refractivity contribution in [2.75, 3.05) is 17.8 Å². The number of benzene rings is 2. The topological polar surface area (TPSA) is 127 Å². The first kappa shape index (κ1) is 23.3. The number of hydrogen-bond acceptors (Lipinski definition) is 5. The van der Waals surface area contributed by atoms with E-state index in [2.05, 4.69) is 40.3 Å². The van der Waals surface area contributed by atoms with Crippen LogP contribution < -0.4 is 15.4 Å². The van der Waals surface area contributed by atoms with Gasteiger partial charge in [-0.2, -0.15) is 5.26 Å². The summed E-state index contributed by atoms with van der Waals surface area (Å²) >= 11 is 0. The number of carbonyl (C=O) groups is 1. The van der Waals surface area contributed by atoms with E-state index in [1.807, 2.05) is 6.92 Å². The molecule has 0 aliphatic carbocycles. The molecule has 0 aliphatic heterocycles. The van der Waals surface area contributed by atoms with Gasteiger partial charge < -0.3 is 15.6 Å². The Kier molecular flexibility index (Phi) is 7.18. The molecule has 8 nitrogen and oxygen atoms in total. The molecule has 1 aromatic heterocycles. The standard InChI is InChI=1S/C23H27N5O3S/c1-15(2)25-10-5-11-26-23(29)17-6-4-7-19(12-17)32(30,31)28-20-9-8-16(3)21-18(13-24)14-27-22(20)21/h4,6-9,12,14-15,25,27-28H,5,10-11H2,1-3H3,(H,26,29). The maximum atomic E-state index is 13.0. The third-order valence-corrected chi connectivity index (χ3v) is 6.37. The molecule has 32 heavy (non-hydrogen) atoms. The highest BCUT2D eigenvalue weighted by Gasteiger charge is 2.19. The molecule has 0 unspecified atom stereocenters. The number of anilines is 1. The van der Waals surface area contributed by atoms with Crippen molar-refractivity contribution < 1.29 is 13.2 Å². The first-order chi connectivity index (χ1) is 15.2. The molecule has 0 saturated carbocycles. The van der Waals surface area contributed by atoms with Gasteiger partial charge in [0.1, 0.15) is 6.07 Å². The number of carbonyl (C=O) groups excluding carboxylic acids is 1. The van der Waals surface area contributed by atoms with Crippen LogP contribution in [0.3, 0.4) is 0 Å². The number of hydrogen-bond donors (Lipinski definition) is 4. The lowest BCUT2D eigenvalue weighted by molar-refractivity contribution is 0.0953. The number of amides is 1. The molecule has 0 atom stereocenters. The van der Waals surface area contributed by atoms with Gasteiger partial charge in [-0.05, 0) is 49.7 Å². The van der Waals surface area contributed by atoms with Gasteiger partial charge >= 0.3 is 0 Å². The number of nitrogens with zero attached hydrogens (tertiary/aromatic N) is 1. The Morgan fingerprint density at radius 2 is 1.97 bits per heavy atom. The van der Waals surface area contributed by atoms with Crippen molar-refractivity contribution in [3.63, 3.8) is 0 Å². The maximum absolute atomic E-state index is 13.0. The Balaban J connectivity index is 1.77. The van der Waals surface area contributed by atoms with Crippen LogP contribution in [0, 0.1) is 18.3 Å². The van der Waals surface area contributed by atoms with E-state index in [0.29, 0.717) is 34.7 Å². The molecule has 168 valence electrons. The summed E-state index contributed by atoms with van der Waals surface area (Å²) in [7, 11) is -3.95. The van der Waals surface area contributed by atoms with Crippen LogP contribution >= 0.6 is 0 Å². The van der Waals surface area contributed by atoms with E-state index in [1.54, 1.807) is 24.4 Å². The second-order valence-electron chi connectivity index (χ2n) is 7.85. The quantitative estimate of drug-likeness (QED) is 0.370. The molecule has 9 heteroatoms. The van der Waals surface area contributed by atoms with E-state index in [1.165, 1.54) is 18.2 Å². The fourth-order valence-corrected chi connectivity index (χ4v) is 4.50. The van der Waals surface area contributed by atoms with Crippen LogP contribution in [0.15, 0.2) is 47.5 Å². The molecule has 3 rings (SSSR count). The number of nitrogens with one attached hydrogen (secondary N) is 4. The summed E-state index contributed by atoms with van der Waals surface area (Å²) in [5.74, 6) is -0.327. The monoisotopic (exact) mass is 453 g/mol. The molecule has 0 radical (unpaired) electrons. The SMILES string of the molecule is Cc1ccc(NS(=O)(=O)c2cccc(C(=O)NCCCNC(C)C)c2)c2[nH]cc(C#N)c12. The van der Waals surface area contributed by atoms with Gasteiger partial charge in [-0.15, -0.1) is 0 Å². The van der Waals surface area contributed by atoms with Crippen molar-refractivity contribution in [2.45, 2.75) is 38.1 Å². The Bertz CT molecular complexity index is 1270. The van der Waals surface area contributed by atoms with Crippen LogP contribution in [0.4, 0.5) is 5.69 Å². The fraction of sp³-hybridized carbons (Fsp3) is 0.304. The van der Waals surface area contributed by atoms with Crippen LogP contribution in [0.5, 0.6) is 0 Å². The van der Waals surface area contributed by atoms with E-state index in [-0.39, 0.29) is 16.4 Å². The summed E-state index contributed by atoms with van der Waals surface area (Å²) in [6, 6.07) is 11.8. The predicted molar refractivity (Wildman–Crippen MR) is 125 cm³/mol. The van der Waals surface area contributed by atoms with Gasteiger partial charge in [0.15, 0.2) is 0 Å². The highest BCUT2D eigenvalue weighted by molar-refractivity contribution is 7.92. The number of rotatable bonds is 9. The Morgan fingerprint density at radius 1 is 1.19 bits per heavy atom. The van der Waals surface area contributed by atoms with Gasteiger partial charge in [-0.3, -0.25) is 9.52 Å². The summed E-state index contributed by atoms with van der Waals surface area (Å²) in [6.07, 6.45) is 2.32. The largest absolute Gasteiger partial charge is 0.358 e. The molecule has 1 amide bonds. The number of nitriles is 1. The summed E-state index contributed by atoms with van der Waals surface area (Å²) in [4.78, 5) is 15.4. The second kappa shape index (κ2) is 9.85. The van der Waals surface area contributed by atoms with Gasteiger partial charge in [-0.25, -0.2) is 8.42 Å². The zero-order valence-corrected chi connectivity index (χ0v) is 19.1. The number of H-pyrrole nitrogens is 1. The number of aryl methyl sites for hydroxylation is 1. The minimum absolute atomic E-state index is 0.0209. The van der Waals surface area contributed by atoms with Crippen molar-refractivity contribution in [2.24, 2.45) is 0 Å². The van der Waals surface area contributed by atoms with Gasteiger partial charge in [0, 0.05) is 29.7 Å². The highest BCUT2D eigenvalue weighted by Crippen LogP contribution is 2.30. The lowest BCUT2D eigenvalue weighted by Gasteiger charge is -2.12. The molecule has 4 N–H and O–H groups in total. The van der Waals surface area contributed by atoms with Gasteiger partial charge in [-0.1, -0.05) is 26.0 Å². The van der Waals surface area contributed by atoms with Crippen molar-refractivity contribution in [1.29, 1.82) is 5.26 Å². The summed E-state index contributed by atoms with van der Waals surface area (Å²) in [6.45, 7) is 7.24. The zero-order valence-electron chi connectivity index (χ0n) is 18.3. The molecule has 0 bridgehead atoms. The van der Waals surface area contributed by atoms with Gasteiger partial charge in [0.05, 0.1) is 21.7 Å².